The van der Waals surface area contributed by atoms with Crippen LogP contribution in [-0.4, -0.2) is 17.8 Å². The first-order valence-corrected chi connectivity index (χ1v) is 6.22. The summed E-state index contributed by atoms with van der Waals surface area (Å²) in [6, 6.07) is 8.75. The number of aryl methyl sites for hydroxylation is 1. The van der Waals surface area contributed by atoms with Crippen molar-refractivity contribution in [3.05, 3.63) is 48.0 Å². The molecule has 0 spiro atoms. The summed E-state index contributed by atoms with van der Waals surface area (Å²) >= 11 is 0. The maximum Gasteiger partial charge on any atom is 0.0667 e. The van der Waals surface area contributed by atoms with E-state index in [1.807, 2.05) is 6.08 Å². The zero-order valence-electron chi connectivity index (χ0n) is 10.8. The van der Waals surface area contributed by atoms with Gasteiger partial charge in [-0.05, 0) is 32.3 Å². The fourth-order valence-electron chi connectivity index (χ4n) is 1.70. The third-order valence-electron chi connectivity index (χ3n) is 2.94. The average Bonchev–Trinajstić information content (AvgIpc) is 2.34. The van der Waals surface area contributed by atoms with E-state index in [0.29, 0.717) is 6.54 Å². The van der Waals surface area contributed by atoms with Gasteiger partial charge < -0.3 is 10.4 Å². The molecule has 2 unspecified atom stereocenters. The second-order valence-corrected chi connectivity index (χ2v) is 4.56. The van der Waals surface area contributed by atoms with Crippen molar-refractivity contribution in [3.8, 4) is 0 Å². The van der Waals surface area contributed by atoms with Crippen LogP contribution in [0.1, 0.15) is 36.9 Å². The van der Waals surface area contributed by atoms with Crippen LogP contribution in [0.3, 0.4) is 0 Å². The predicted octanol–water partition coefficient (Wildman–Crippen LogP) is 2.97. The second-order valence-electron chi connectivity index (χ2n) is 4.56. The smallest absolute Gasteiger partial charge is 0.0667 e. The average molecular weight is 233 g/mol. The number of nitrogens with one attached hydrogen (secondary N) is 1. The zero-order chi connectivity index (χ0) is 12.7. The first-order chi connectivity index (χ1) is 8.13. The lowest BCUT2D eigenvalue weighted by Crippen LogP contribution is -2.28. The standard InChI is InChI=1S/C15H23NO/c1-4-5-6-15(17)11-16-13(3)14-9-7-12(2)8-10-14/h4,7-10,13,15-17H,1,5-6,11H2,2-3H3. The SMILES string of the molecule is C=CCCC(O)CNC(C)c1ccc(C)cc1. The van der Waals surface area contributed by atoms with Gasteiger partial charge in [0.1, 0.15) is 0 Å². The quantitative estimate of drug-likeness (QED) is 0.710. The maximum atomic E-state index is 9.71. The summed E-state index contributed by atoms with van der Waals surface area (Å²) < 4.78 is 0. The Hall–Kier alpha value is -1.12. The second kappa shape index (κ2) is 7.25. The largest absolute Gasteiger partial charge is 0.392 e. The molecule has 1 aromatic rings. The molecule has 2 nitrogen and oxygen atoms in total. The molecule has 0 amide bonds. The van der Waals surface area contributed by atoms with Crippen LogP contribution in [0.15, 0.2) is 36.9 Å². The van der Waals surface area contributed by atoms with Crippen LogP contribution < -0.4 is 5.32 Å². The van der Waals surface area contributed by atoms with E-state index < -0.39 is 0 Å². The van der Waals surface area contributed by atoms with Crippen molar-refractivity contribution in [1.82, 2.24) is 5.32 Å². The molecule has 0 saturated carbocycles. The third kappa shape index (κ3) is 5.16. The van der Waals surface area contributed by atoms with E-state index >= 15 is 0 Å². The highest BCUT2D eigenvalue weighted by Crippen LogP contribution is 2.13. The molecule has 94 valence electrons. The van der Waals surface area contributed by atoms with Crippen molar-refractivity contribution in [2.24, 2.45) is 0 Å². The van der Waals surface area contributed by atoms with Crippen LogP contribution in [0.2, 0.25) is 0 Å². The number of hydrogen-bond acceptors (Lipinski definition) is 2. The third-order valence-corrected chi connectivity index (χ3v) is 2.94. The molecule has 1 aromatic carbocycles. The molecular weight excluding hydrogens is 210 g/mol. The lowest BCUT2D eigenvalue weighted by molar-refractivity contribution is 0.159. The van der Waals surface area contributed by atoms with Crippen LogP contribution in [0.4, 0.5) is 0 Å². The summed E-state index contributed by atoms with van der Waals surface area (Å²) in [5.74, 6) is 0. The molecule has 0 saturated heterocycles. The van der Waals surface area contributed by atoms with E-state index in [4.69, 9.17) is 0 Å². The van der Waals surface area contributed by atoms with E-state index in [1.165, 1.54) is 11.1 Å². The Kier molecular flexibility index (Phi) is 5.95. The molecule has 2 N–H and O–H groups in total. The summed E-state index contributed by atoms with van der Waals surface area (Å²) in [7, 11) is 0. The van der Waals surface area contributed by atoms with Crippen molar-refractivity contribution in [1.29, 1.82) is 0 Å². The first kappa shape index (κ1) is 13.9. The van der Waals surface area contributed by atoms with Crippen molar-refractivity contribution >= 4 is 0 Å². The Labute approximate surface area is 104 Å². The van der Waals surface area contributed by atoms with Crippen molar-refractivity contribution in [2.75, 3.05) is 6.54 Å². The van der Waals surface area contributed by atoms with Gasteiger partial charge in [-0.15, -0.1) is 6.58 Å². The molecular formula is C15H23NO. The molecule has 0 aromatic heterocycles. The highest BCUT2D eigenvalue weighted by molar-refractivity contribution is 5.23. The van der Waals surface area contributed by atoms with E-state index in [-0.39, 0.29) is 12.1 Å². The Morgan fingerprint density at radius 3 is 2.59 bits per heavy atom. The topological polar surface area (TPSA) is 32.3 Å². The summed E-state index contributed by atoms with van der Waals surface area (Å²) in [5.41, 5.74) is 2.53. The summed E-state index contributed by atoms with van der Waals surface area (Å²) in [6.07, 6.45) is 3.19. The number of hydrogen-bond donors (Lipinski definition) is 2. The van der Waals surface area contributed by atoms with Gasteiger partial charge >= 0.3 is 0 Å². The Bertz CT molecular complexity index is 331. The molecule has 2 atom stereocenters. The molecule has 2 heteroatoms. The molecule has 0 radical (unpaired) electrons. The van der Waals surface area contributed by atoms with Gasteiger partial charge in [0.2, 0.25) is 0 Å². The van der Waals surface area contributed by atoms with Gasteiger partial charge in [0.05, 0.1) is 6.10 Å². The highest BCUT2D eigenvalue weighted by atomic mass is 16.3. The highest BCUT2D eigenvalue weighted by Gasteiger charge is 2.07. The molecule has 0 aliphatic rings. The Morgan fingerprint density at radius 1 is 1.35 bits per heavy atom. The molecule has 1 rings (SSSR count). The van der Waals surface area contributed by atoms with Crippen molar-refractivity contribution in [2.45, 2.75) is 38.8 Å². The van der Waals surface area contributed by atoms with Gasteiger partial charge in [-0.2, -0.15) is 0 Å². The number of allylic oxidation sites excluding steroid dienone is 1. The van der Waals surface area contributed by atoms with E-state index in [0.717, 1.165) is 12.8 Å². The van der Waals surface area contributed by atoms with Gasteiger partial charge in [-0.1, -0.05) is 35.9 Å². The van der Waals surface area contributed by atoms with Crippen LogP contribution in [-0.2, 0) is 0 Å². The van der Waals surface area contributed by atoms with Crippen molar-refractivity contribution in [3.63, 3.8) is 0 Å². The number of aliphatic hydroxyl groups is 1. The lowest BCUT2D eigenvalue weighted by atomic mass is 10.1. The van der Waals surface area contributed by atoms with Crippen LogP contribution in [0, 0.1) is 6.92 Å². The van der Waals surface area contributed by atoms with E-state index in [9.17, 15) is 5.11 Å². The molecule has 0 aliphatic heterocycles. The van der Waals surface area contributed by atoms with E-state index in [2.05, 4.69) is 50.0 Å². The Balaban J connectivity index is 2.36. The normalized spacial score (nSPS) is 14.3. The zero-order valence-corrected chi connectivity index (χ0v) is 10.8. The van der Waals surface area contributed by atoms with Gasteiger partial charge in [-0.25, -0.2) is 0 Å². The minimum atomic E-state index is -0.291. The van der Waals surface area contributed by atoms with Crippen LogP contribution >= 0.6 is 0 Å². The van der Waals surface area contributed by atoms with Crippen LogP contribution in [0.5, 0.6) is 0 Å². The minimum absolute atomic E-state index is 0.272. The monoisotopic (exact) mass is 233 g/mol. The van der Waals surface area contributed by atoms with E-state index in [1.54, 1.807) is 0 Å². The minimum Gasteiger partial charge on any atom is -0.392 e. The van der Waals surface area contributed by atoms with Gasteiger partial charge in [-0.3, -0.25) is 0 Å². The first-order valence-electron chi connectivity index (χ1n) is 6.22. The molecule has 0 aliphatic carbocycles. The van der Waals surface area contributed by atoms with Crippen molar-refractivity contribution < 1.29 is 5.11 Å². The summed E-state index contributed by atoms with van der Waals surface area (Å²) in [4.78, 5) is 0. The summed E-state index contributed by atoms with van der Waals surface area (Å²) in [5, 5.41) is 13.1. The molecule has 0 bridgehead atoms. The van der Waals surface area contributed by atoms with Gasteiger partial charge in [0.25, 0.3) is 0 Å². The Morgan fingerprint density at radius 2 is 2.00 bits per heavy atom. The fourth-order valence-corrected chi connectivity index (χ4v) is 1.70. The molecule has 17 heavy (non-hydrogen) atoms. The van der Waals surface area contributed by atoms with Gasteiger partial charge in [0, 0.05) is 12.6 Å². The molecule has 0 heterocycles. The summed E-state index contributed by atoms with van der Waals surface area (Å²) in [6.45, 7) is 8.48. The number of aliphatic hydroxyl groups excluding tert-OH is 1. The fraction of sp³-hybridized carbons (Fsp3) is 0.467. The lowest BCUT2D eigenvalue weighted by Gasteiger charge is -2.17. The van der Waals surface area contributed by atoms with Gasteiger partial charge in [0.15, 0.2) is 0 Å². The number of rotatable bonds is 7. The number of benzene rings is 1. The maximum absolute atomic E-state index is 9.71. The predicted molar refractivity (Wildman–Crippen MR) is 73.0 cm³/mol. The molecule has 0 fully saturated rings. The van der Waals surface area contributed by atoms with Crippen LogP contribution in [0.25, 0.3) is 0 Å².